The quantitative estimate of drug-likeness (QED) is 0.383. The van der Waals surface area contributed by atoms with Gasteiger partial charge in [0.15, 0.2) is 0 Å². The maximum atomic E-state index is 9.70. The number of rotatable bonds is 3. The summed E-state index contributed by atoms with van der Waals surface area (Å²) in [6.07, 6.45) is 0. The first-order valence-corrected chi connectivity index (χ1v) is 4.50. The molecule has 14 heavy (non-hydrogen) atoms. The van der Waals surface area contributed by atoms with Gasteiger partial charge in [0.1, 0.15) is 0 Å². The summed E-state index contributed by atoms with van der Waals surface area (Å²) in [5, 5.41) is 7.99. The number of nitrogens with two attached hydrogens (primary N) is 4. The minimum atomic E-state index is -0.741. The lowest BCUT2D eigenvalue weighted by atomic mass is 10.2. The van der Waals surface area contributed by atoms with Gasteiger partial charge in [-0.3, -0.25) is 4.79 Å². The van der Waals surface area contributed by atoms with Gasteiger partial charge in [0, 0.05) is 26.2 Å². The van der Waals surface area contributed by atoms with E-state index in [1.807, 2.05) is 0 Å². The van der Waals surface area contributed by atoms with E-state index in [0.29, 0.717) is 26.2 Å². The van der Waals surface area contributed by atoms with Crippen molar-refractivity contribution in [3.05, 3.63) is 0 Å². The summed E-state index contributed by atoms with van der Waals surface area (Å²) in [4.78, 5) is 9.70. The molecule has 0 amide bonds. The molecule has 0 saturated heterocycles. The third-order valence-corrected chi connectivity index (χ3v) is 0.827. The lowest BCUT2D eigenvalue weighted by Gasteiger charge is -1.89. The van der Waals surface area contributed by atoms with Crippen molar-refractivity contribution in [2.24, 2.45) is 28.9 Å². The van der Waals surface area contributed by atoms with Gasteiger partial charge in [0.05, 0.1) is 5.92 Å². The second kappa shape index (κ2) is 18.2. The standard InChI is InChI=1S/C4H8O2.2C2H8N2/c1-3(2)4(5)6;2*3-1-2-4/h3H,1-2H3,(H,5,6);2*1-4H2. The Labute approximate surface area is 85.6 Å². The molecule has 0 atom stereocenters. The molecular formula is C8H24N4O2. The number of carboxylic acid groups (broad SMARTS) is 1. The Morgan fingerprint density at radius 1 is 1.00 bits per heavy atom. The van der Waals surface area contributed by atoms with Crippen LogP contribution < -0.4 is 22.9 Å². The fourth-order valence-corrected chi connectivity index (χ4v) is 0. The van der Waals surface area contributed by atoms with Crippen molar-refractivity contribution < 1.29 is 9.90 Å². The average Bonchev–Trinajstić information content (AvgIpc) is 2.18. The van der Waals surface area contributed by atoms with E-state index >= 15 is 0 Å². The van der Waals surface area contributed by atoms with Crippen LogP contribution in [0, 0.1) is 5.92 Å². The van der Waals surface area contributed by atoms with Crippen molar-refractivity contribution in [2.75, 3.05) is 26.2 Å². The van der Waals surface area contributed by atoms with Crippen LogP contribution in [0.15, 0.2) is 0 Å². The van der Waals surface area contributed by atoms with Gasteiger partial charge in [-0.25, -0.2) is 0 Å². The van der Waals surface area contributed by atoms with E-state index in [-0.39, 0.29) is 5.92 Å². The maximum absolute atomic E-state index is 9.70. The predicted octanol–water partition coefficient (Wildman–Crippen LogP) is -1.47. The highest BCUT2D eigenvalue weighted by Gasteiger charge is 1.99. The molecule has 88 valence electrons. The number of hydrogen-bond donors (Lipinski definition) is 5. The number of aliphatic carboxylic acids is 1. The first-order chi connectivity index (χ1) is 6.47. The van der Waals surface area contributed by atoms with Crippen LogP contribution in [0.1, 0.15) is 13.8 Å². The van der Waals surface area contributed by atoms with Crippen LogP contribution >= 0.6 is 0 Å². The van der Waals surface area contributed by atoms with Crippen LogP contribution in [0.5, 0.6) is 0 Å². The molecule has 0 bridgehead atoms. The molecule has 0 heterocycles. The third kappa shape index (κ3) is 42.6. The smallest absolute Gasteiger partial charge is 0.305 e. The lowest BCUT2D eigenvalue weighted by molar-refractivity contribution is -0.140. The fourth-order valence-electron chi connectivity index (χ4n) is 0. The van der Waals surface area contributed by atoms with Gasteiger partial charge in [0.2, 0.25) is 0 Å². The van der Waals surface area contributed by atoms with Gasteiger partial charge >= 0.3 is 5.97 Å². The van der Waals surface area contributed by atoms with Crippen LogP contribution in [0.3, 0.4) is 0 Å². The van der Waals surface area contributed by atoms with Crippen LogP contribution in [0.4, 0.5) is 0 Å². The number of carbonyl (C=O) groups is 1. The Morgan fingerprint density at radius 2 is 1.14 bits per heavy atom. The Morgan fingerprint density at radius 3 is 1.14 bits per heavy atom. The van der Waals surface area contributed by atoms with Crippen molar-refractivity contribution in [3.8, 4) is 0 Å². The Hall–Kier alpha value is -0.690. The van der Waals surface area contributed by atoms with Gasteiger partial charge in [-0.1, -0.05) is 13.8 Å². The SMILES string of the molecule is CC(C)C(=O)O.NCCN.NCCN. The minimum absolute atomic E-state index is 0.231. The van der Waals surface area contributed by atoms with Gasteiger partial charge in [-0.15, -0.1) is 0 Å². The molecule has 9 N–H and O–H groups in total. The van der Waals surface area contributed by atoms with E-state index in [1.165, 1.54) is 0 Å². The zero-order chi connectivity index (χ0) is 12.0. The molecule has 0 aliphatic carbocycles. The monoisotopic (exact) mass is 208 g/mol. The molecule has 0 radical (unpaired) electrons. The molecule has 0 rings (SSSR count). The van der Waals surface area contributed by atoms with Crippen molar-refractivity contribution in [2.45, 2.75) is 13.8 Å². The summed E-state index contributed by atoms with van der Waals surface area (Å²) < 4.78 is 0. The molecule has 6 nitrogen and oxygen atoms in total. The van der Waals surface area contributed by atoms with E-state index in [9.17, 15) is 4.79 Å². The van der Waals surface area contributed by atoms with Crippen LogP contribution in [0.2, 0.25) is 0 Å². The van der Waals surface area contributed by atoms with E-state index in [1.54, 1.807) is 13.8 Å². The van der Waals surface area contributed by atoms with Crippen molar-refractivity contribution >= 4 is 5.97 Å². The molecule has 0 aromatic carbocycles. The van der Waals surface area contributed by atoms with Gasteiger partial charge in [0.25, 0.3) is 0 Å². The molecule has 6 heteroatoms. The van der Waals surface area contributed by atoms with Crippen LogP contribution in [-0.2, 0) is 4.79 Å². The molecule has 0 aromatic rings. The van der Waals surface area contributed by atoms with Crippen LogP contribution in [-0.4, -0.2) is 37.3 Å². The first kappa shape index (κ1) is 19.0. The molecule has 0 fully saturated rings. The molecule has 0 saturated carbocycles. The average molecular weight is 208 g/mol. The topological polar surface area (TPSA) is 141 Å². The zero-order valence-corrected chi connectivity index (χ0v) is 9.07. The Kier molecular flexibility index (Phi) is 24.6. The Balaban J connectivity index is -0.000000135. The molecule has 0 aromatic heterocycles. The lowest BCUT2D eigenvalue weighted by Crippen LogP contribution is -2.11. The summed E-state index contributed by atoms with van der Waals surface area (Å²) in [7, 11) is 0. The molecular weight excluding hydrogens is 184 g/mol. The van der Waals surface area contributed by atoms with Gasteiger partial charge in [-0.2, -0.15) is 0 Å². The van der Waals surface area contributed by atoms with Gasteiger partial charge in [-0.05, 0) is 0 Å². The largest absolute Gasteiger partial charge is 0.481 e. The summed E-state index contributed by atoms with van der Waals surface area (Å²) in [5.74, 6) is -0.972. The van der Waals surface area contributed by atoms with Gasteiger partial charge < -0.3 is 28.0 Å². The van der Waals surface area contributed by atoms with E-state index in [2.05, 4.69) is 0 Å². The molecule has 0 unspecified atom stereocenters. The minimum Gasteiger partial charge on any atom is -0.481 e. The predicted molar refractivity (Wildman–Crippen MR) is 58.7 cm³/mol. The highest BCUT2D eigenvalue weighted by molar-refractivity contribution is 5.68. The van der Waals surface area contributed by atoms with Crippen molar-refractivity contribution in [1.82, 2.24) is 0 Å². The number of hydrogen-bond acceptors (Lipinski definition) is 5. The van der Waals surface area contributed by atoms with Crippen molar-refractivity contribution in [3.63, 3.8) is 0 Å². The second-order valence-electron chi connectivity index (χ2n) is 2.65. The zero-order valence-electron chi connectivity index (χ0n) is 9.07. The highest BCUT2D eigenvalue weighted by atomic mass is 16.4. The van der Waals surface area contributed by atoms with E-state index < -0.39 is 5.97 Å². The maximum Gasteiger partial charge on any atom is 0.305 e. The van der Waals surface area contributed by atoms with Crippen molar-refractivity contribution in [1.29, 1.82) is 0 Å². The highest BCUT2D eigenvalue weighted by Crippen LogP contribution is 1.87. The summed E-state index contributed by atoms with van der Waals surface area (Å²) in [6.45, 7) is 5.67. The molecule has 0 aliphatic heterocycles. The van der Waals surface area contributed by atoms with E-state index in [4.69, 9.17) is 28.0 Å². The fraction of sp³-hybridized carbons (Fsp3) is 0.875. The Bertz CT molecular complexity index is 102. The normalized spacial score (nSPS) is 8.21. The summed E-state index contributed by atoms with van der Waals surface area (Å²) in [5.41, 5.74) is 19.6. The van der Waals surface area contributed by atoms with E-state index in [0.717, 1.165) is 0 Å². The number of carboxylic acids is 1. The molecule has 0 aliphatic rings. The summed E-state index contributed by atoms with van der Waals surface area (Å²) >= 11 is 0. The third-order valence-electron chi connectivity index (χ3n) is 0.827. The van der Waals surface area contributed by atoms with Crippen LogP contribution in [0.25, 0.3) is 0 Å². The first-order valence-electron chi connectivity index (χ1n) is 4.50. The summed E-state index contributed by atoms with van der Waals surface area (Å²) in [6, 6.07) is 0. The second-order valence-corrected chi connectivity index (χ2v) is 2.65. The molecule has 0 spiro atoms.